The highest BCUT2D eigenvalue weighted by Crippen LogP contribution is 2.19. The van der Waals surface area contributed by atoms with Crippen molar-refractivity contribution in [2.24, 2.45) is 0 Å². The molecule has 1 rings (SSSR count). The standard InChI is InChI=1S/C9H21N3O2S/c1-10-7-4-8-12(2)15(13,14)11-9-5-3-6-9/h9-11H,3-8H2,1-2H3. The summed E-state index contributed by atoms with van der Waals surface area (Å²) in [5, 5.41) is 3.00. The molecule has 0 spiro atoms. The molecular weight excluding hydrogens is 214 g/mol. The minimum absolute atomic E-state index is 0.168. The average molecular weight is 235 g/mol. The molecule has 1 saturated carbocycles. The first-order chi connectivity index (χ1) is 7.06. The maximum Gasteiger partial charge on any atom is 0.279 e. The van der Waals surface area contributed by atoms with Crippen molar-refractivity contribution in [1.82, 2.24) is 14.3 Å². The zero-order valence-electron chi connectivity index (χ0n) is 9.49. The second-order valence-corrected chi connectivity index (χ2v) is 5.84. The highest BCUT2D eigenvalue weighted by Gasteiger charge is 2.25. The van der Waals surface area contributed by atoms with Gasteiger partial charge >= 0.3 is 0 Å². The van der Waals surface area contributed by atoms with Crippen molar-refractivity contribution in [2.45, 2.75) is 31.7 Å². The Balaban J connectivity index is 2.31. The second kappa shape index (κ2) is 5.79. The maximum atomic E-state index is 11.7. The molecule has 0 atom stereocenters. The Morgan fingerprint density at radius 2 is 2.07 bits per heavy atom. The maximum absolute atomic E-state index is 11.7. The van der Waals surface area contributed by atoms with Crippen molar-refractivity contribution in [3.63, 3.8) is 0 Å². The molecule has 0 amide bonds. The molecule has 1 fully saturated rings. The number of hydrogen-bond donors (Lipinski definition) is 2. The monoisotopic (exact) mass is 235 g/mol. The molecule has 0 aromatic rings. The fourth-order valence-corrected chi connectivity index (χ4v) is 2.63. The summed E-state index contributed by atoms with van der Waals surface area (Å²) in [4.78, 5) is 0. The molecule has 15 heavy (non-hydrogen) atoms. The molecule has 0 aromatic heterocycles. The molecule has 0 radical (unpaired) electrons. The van der Waals surface area contributed by atoms with Crippen LogP contribution in [0, 0.1) is 0 Å². The normalized spacial score (nSPS) is 18.1. The summed E-state index contributed by atoms with van der Waals surface area (Å²) in [5.74, 6) is 0. The first kappa shape index (κ1) is 12.9. The molecule has 0 unspecified atom stereocenters. The number of nitrogens with one attached hydrogen (secondary N) is 2. The first-order valence-corrected chi connectivity index (χ1v) is 6.88. The van der Waals surface area contributed by atoms with Crippen LogP contribution in [0.15, 0.2) is 0 Å². The van der Waals surface area contributed by atoms with Crippen LogP contribution in [-0.2, 0) is 10.2 Å². The van der Waals surface area contributed by atoms with Gasteiger partial charge in [-0.1, -0.05) is 6.42 Å². The summed E-state index contributed by atoms with van der Waals surface area (Å²) in [6.07, 6.45) is 3.92. The largest absolute Gasteiger partial charge is 0.320 e. The summed E-state index contributed by atoms with van der Waals surface area (Å²) < 4.78 is 27.5. The van der Waals surface area contributed by atoms with Gasteiger partial charge < -0.3 is 5.32 Å². The van der Waals surface area contributed by atoms with E-state index in [2.05, 4.69) is 10.0 Å². The van der Waals surface area contributed by atoms with Crippen LogP contribution in [0.5, 0.6) is 0 Å². The quantitative estimate of drug-likeness (QED) is 0.607. The van der Waals surface area contributed by atoms with Crippen LogP contribution in [0.3, 0.4) is 0 Å². The molecule has 1 aliphatic carbocycles. The molecule has 0 heterocycles. The summed E-state index contributed by atoms with van der Waals surface area (Å²) >= 11 is 0. The molecule has 0 saturated heterocycles. The fraction of sp³-hybridized carbons (Fsp3) is 1.00. The average Bonchev–Trinajstić information content (AvgIpc) is 2.12. The third-order valence-electron chi connectivity index (χ3n) is 2.73. The van der Waals surface area contributed by atoms with E-state index in [1.54, 1.807) is 7.05 Å². The van der Waals surface area contributed by atoms with Crippen LogP contribution < -0.4 is 10.0 Å². The Morgan fingerprint density at radius 1 is 1.40 bits per heavy atom. The third kappa shape index (κ3) is 4.06. The molecule has 0 aromatic carbocycles. The lowest BCUT2D eigenvalue weighted by atomic mass is 9.94. The zero-order valence-corrected chi connectivity index (χ0v) is 10.3. The van der Waals surface area contributed by atoms with Crippen LogP contribution in [0.1, 0.15) is 25.7 Å². The summed E-state index contributed by atoms with van der Waals surface area (Å²) in [6, 6.07) is 0.168. The highest BCUT2D eigenvalue weighted by atomic mass is 32.2. The summed E-state index contributed by atoms with van der Waals surface area (Å²) in [7, 11) is 0.239. The van der Waals surface area contributed by atoms with Gasteiger partial charge in [0.1, 0.15) is 0 Å². The third-order valence-corrected chi connectivity index (χ3v) is 4.37. The predicted octanol–water partition coefficient (Wildman–Crippen LogP) is -0.0854. The predicted molar refractivity (Wildman–Crippen MR) is 60.9 cm³/mol. The van der Waals surface area contributed by atoms with E-state index in [4.69, 9.17) is 0 Å². The van der Waals surface area contributed by atoms with Crippen LogP contribution >= 0.6 is 0 Å². The smallest absolute Gasteiger partial charge is 0.279 e. The minimum Gasteiger partial charge on any atom is -0.320 e. The minimum atomic E-state index is -3.25. The lowest BCUT2D eigenvalue weighted by molar-refractivity contribution is 0.365. The van der Waals surface area contributed by atoms with Crippen molar-refractivity contribution < 1.29 is 8.42 Å². The first-order valence-electron chi connectivity index (χ1n) is 5.44. The van der Waals surface area contributed by atoms with Gasteiger partial charge in [0.2, 0.25) is 0 Å². The zero-order chi connectivity index (χ0) is 11.3. The van der Waals surface area contributed by atoms with Crippen LogP contribution in [0.2, 0.25) is 0 Å². The van der Waals surface area contributed by atoms with E-state index in [-0.39, 0.29) is 6.04 Å². The summed E-state index contributed by atoms with van der Waals surface area (Å²) in [6.45, 7) is 1.40. The van der Waals surface area contributed by atoms with Crippen LogP contribution in [0.4, 0.5) is 0 Å². The van der Waals surface area contributed by atoms with Gasteiger partial charge in [0.05, 0.1) is 0 Å². The van der Waals surface area contributed by atoms with Crippen molar-refractivity contribution in [1.29, 1.82) is 0 Å². The van der Waals surface area contributed by atoms with Gasteiger partial charge in [-0.25, -0.2) is 0 Å². The van der Waals surface area contributed by atoms with Crippen molar-refractivity contribution in [3.8, 4) is 0 Å². The Kier molecular flexibility index (Phi) is 4.98. The van der Waals surface area contributed by atoms with Crippen molar-refractivity contribution >= 4 is 10.2 Å². The van der Waals surface area contributed by atoms with Gasteiger partial charge in [-0.3, -0.25) is 0 Å². The van der Waals surface area contributed by atoms with Crippen LogP contribution in [-0.4, -0.2) is 45.9 Å². The topological polar surface area (TPSA) is 61.4 Å². The molecule has 90 valence electrons. The highest BCUT2D eigenvalue weighted by molar-refractivity contribution is 7.87. The van der Waals surface area contributed by atoms with Crippen molar-refractivity contribution in [2.75, 3.05) is 27.2 Å². The SMILES string of the molecule is CNCCCN(C)S(=O)(=O)NC1CCC1. The summed E-state index contributed by atoms with van der Waals surface area (Å²) in [5.41, 5.74) is 0. The molecule has 2 N–H and O–H groups in total. The molecular formula is C9H21N3O2S. The Labute approximate surface area is 92.4 Å². The van der Waals surface area contributed by atoms with Crippen molar-refractivity contribution in [3.05, 3.63) is 0 Å². The lowest BCUT2D eigenvalue weighted by Gasteiger charge is -2.28. The Morgan fingerprint density at radius 3 is 2.53 bits per heavy atom. The van der Waals surface area contributed by atoms with Gasteiger partial charge in [0, 0.05) is 19.6 Å². The van der Waals surface area contributed by atoms with E-state index in [0.29, 0.717) is 6.54 Å². The molecule has 5 nitrogen and oxygen atoms in total. The Hall–Kier alpha value is -0.170. The fourth-order valence-electron chi connectivity index (χ4n) is 1.43. The number of nitrogens with zero attached hydrogens (tertiary/aromatic N) is 1. The second-order valence-electron chi connectivity index (χ2n) is 4.03. The molecule has 6 heteroatoms. The van der Waals surface area contributed by atoms with Gasteiger partial charge in [-0.2, -0.15) is 17.4 Å². The van der Waals surface area contributed by atoms with Crippen LogP contribution in [0.25, 0.3) is 0 Å². The van der Waals surface area contributed by atoms with E-state index >= 15 is 0 Å². The lowest BCUT2D eigenvalue weighted by Crippen LogP contribution is -2.46. The molecule has 1 aliphatic rings. The van der Waals surface area contributed by atoms with Gasteiger partial charge in [-0.15, -0.1) is 0 Å². The number of hydrogen-bond acceptors (Lipinski definition) is 3. The van der Waals surface area contributed by atoms with E-state index in [1.807, 2.05) is 7.05 Å². The van der Waals surface area contributed by atoms with Gasteiger partial charge in [-0.05, 0) is 32.9 Å². The Bertz CT molecular complexity index is 275. The van der Waals surface area contributed by atoms with Gasteiger partial charge in [0.25, 0.3) is 10.2 Å². The molecule has 0 bridgehead atoms. The molecule has 0 aliphatic heterocycles. The van der Waals surface area contributed by atoms with Gasteiger partial charge in [0.15, 0.2) is 0 Å². The van der Waals surface area contributed by atoms with E-state index in [1.165, 1.54) is 4.31 Å². The van der Waals surface area contributed by atoms with E-state index in [0.717, 1.165) is 32.2 Å². The van der Waals surface area contributed by atoms with E-state index < -0.39 is 10.2 Å². The van der Waals surface area contributed by atoms with E-state index in [9.17, 15) is 8.42 Å². The number of rotatable bonds is 7.